The molecule has 0 radical (unpaired) electrons. The lowest BCUT2D eigenvalue weighted by atomic mass is 10.0. The molecule has 1 aromatic heterocycles. The number of thiophene rings is 1. The molecule has 2 heteroatoms. The quantitative estimate of drug-likeness (QED) is 0.768. The minimum absolute atomic E-state index is 0.810. The van der Waals surface area contributed by atoms with Crippen molar-refractivity contribution in [1.82, 2.24) is 5.32 Å². The van der Waals surface area contributed by atoms with Crippen molar-refractivity contribution in [3.8, 4) is 0 Å². The van der Waals surface area contributed by atoms with E-state index in [0.717, 1.165) is 18.5 Å². The van der Waals surface area contributed by atoms with Gasteiger partial charge >= 0.3 is 0 Å². The largest absolute Gasteiger partial charge is 0.309 e. The zero-order chi connectivity index (χ0) is 10.4. The first-order valence-corrected chi connectivity index (χ1v) is 6.88. The minimum Gasteiger partial charge on any atom is -0.309 e. The summed E-state index contributed by atoms with van der Waals surface area (Å²) < 4.78 is 0. The molecular formula is C13H19NS. The molecule has 3 rings (SSSR count). The standard InChI is InChI=1S/C13H19NS/c1-8-9(2)15-13-7-14-12(10-3-4-10)6-5-11(8)13/h10,12,14H,3-7H2,1-2H3. The fourth-order valence-electron chi connectivity index (χ4n) is 2.74. The summed E-state index contributed by atoms with van der Waals surface area (Å²) in [4.78, 5) is 3.12. The zero-order valence-corrected chi connectivity index (χ0v) is 10.4. The van der Waals surface area contributed by atoms with Crippen molar-refractivity contribution < 1.29 is 0 Å². The third kappa shape index (κ3) is 1.74. The van der Waals surface area contributed by atoms with E-state index in [4.69, 9.17) is 0 Å². The van der Waals surface area contributed by atoms with Crippen LogP contribution in [0.2, 0.25) is 0 Å². The number of aryl methyl sites for hydroxylation is 1. The maximum absolute atomic E-state index is 3.75. The number of hydrogen-bond acceptors (Lipinski definition) is 2. The first-order valence-electron chi connectivity index (χ1n) is 6.07. The summed E-state index contributed by atoms with van der Waals surface area (Å²) >= 11 is 2.00. The van der Waals surface area contributed by atoms with Crippen LogP contribution in [0.15, 0.2) is 0 Å². The number of rotatable bonds is 1. The Morgan fingerprint density at radius 3 is 2.73 bits per heavy atom. The van der Waals surface area contributed by atoms with Crippen molar-refractivity contribution in [2.45, 2.75) is 52.1 Å². The van der Waals surface area contributed by atoms with Crippen LogP contribution in [0.25, 0.3) is 0 Å². The highest BCUT2D eigenvalue weighted by molar-refractivity contribution is 7.12. The topological polar surface area (TPSA) is 12.0 Å². The zero-order valence-electron chi connectivity index (χ0n) is 9.60. The van der Waals surface area contributed by atoms with Gasteiger partial charge in [0, 0.05) is 22.3 Å². The van der Waals surface area contributed by atoms with E-state index in [2.05, 4.69) is 19.2 Å². The van der Waals surface area contributed by atoms with Gasteiger partial charge in [-0.25, -0.2) is 0 Å². The van der Waals surface area contributed by atoms with E-state index in [0.29, 0.717) is 0 Å². The number of hydrogen-bond donors (Lipinski definition) is 1. The van der Waals surface area contributed by atoms with Crippen LogP contribution in [-0.2, 0) is 13.0 Å². The van der Waals surface area contributed by atoms with Crippen LogP contribution in [0, 0.1) is 19.8 Å². The van der Waals surface area contributed by atoms with Gasteiger partial charge in [-0.3, -0.25) is 0 Å². The molecule has 2 aliphatic rings. The van der Waals surface area contributed by atoms with Crippen molar-refractivity contribution in [2.75, 3.05) is 0 Å². The van der Waals surface area contributed by atoms with E-state index in [-0.39, 0.29) is 0 Å². The summed E-state index contributed by atoms with van der Waals surface area (Å²) in [5.41, 5.74) is 3.22. The van der Waals surface area contributed by atoms with Gasteiger partial charge in [-0.1, -0.05) is 0 Å². The van der Waals surface area contributed by atoms with Crippen LogP contribution < -0.4 is 5.32 Å². The van der Waals surface area contributed by atoms with Crippen molar-refractivity contribution in [1.29, 1.82) is 0 Å². The molecule has 0 saturated heterocycles. The Morgan fingerprint density at radius 1 is 1.20 bits per heavy atom. The molecule has 0 spiro atoms. The Hall–Kier alpha value is -0.340. The number of nitrogens with one attached hydrogen (secondary N) is 1. The molecule has 1 N–H and O–H groups in total. The molecule has 1 aliphatic carbocycles. The Labute approximate surface area is 95.9 Å². The molecule has 15 heavy (non-hydrogen) atoms. The molecule has 0 aromatic carbocycles. The SMILES string of the molecule is Cc1sc2c(c1C)CCC(C1CC1)NC2. The van der Waals surface area contributed by atoms with Gasteiger partial charge in [0.1, 0.15) is 0 Å². The highest BCUT2D eigenvalue weighted by Crippen LogP contribution is 2.38. The van der Waals surface area contributed by atoms with Crippen molar-refractivity contribution in [3.05, 3.63) is 20.9 Å². The highest BCUT2D eigenvalue weighted by atomic mass is 32.1. The molecule has 2 heterocycles. The summed E-state index contributed by atoms with van der Waals surface area (Å²) in [6.07, 6.45) is 5.58. The smallest absolute Gasteiger partial charge is 0.0305 e. The van der Waals surface area contributed by atoms with Gasteiger partial charge in [-0.2, -0.15) is 0 Å². The first-order chi connectivity index (χ1) is 7.25. The predicted octanol–water partition coefficient (Wildman–Crippen LogP) is 3.18. The predicted molar refractivity (Wildman–Crippen MR) is 65.5 cm³/mol. The fraction of sp³-hybridized carbons (Fsp3) is 0.692. The summed E-state index contributed by atoms with van der Waals surface area (Å²) in [7, 11) is 0. The van der Waals surface area contributed by atoms with Crippen LogP contribution in [0.3, 0.4) is 0 Å². The second-order valence-corrected chi connectivity index (χ2v) is 6.36. The van der Waals surface area contributed by atoms with Crippen LogP contribution in [0.4, 0.5) is 0 Å². The molecule has 1 unspecified atom stereocenters. The Balaban J connectivity index is 1.83. The highest BCUT2D eigenvalue weighted by Gasteiger charge is 2.32. The first kappa shape index (κ1) is 9.86. The maximum Gasteiger partial charge on any atom is 0.0305 e. The molecule has 1 aliphatic heterocycles. The molecule has 1 aromatic rings. The minimum atomic E-state index is 0.810. The van der Waals surface area contributed by atoms with E-state index in [1.165, 1.54) is 30.6 Å². The normalized spacial score (nSPS) is 26.1. The maximum atomic E-state index is 3.75. The van der Waals surface area contributed by atoms with Crippen molar-refractivity contribution >= 4 is 11.3 Å². The van der Waals surface area contributed by atoms with Crippen LogP contribution in [-0.4, -0.2) is 6.04 Å². The van der Waals surface area contributed by atoms with E-state index in [1.807, 2.05) is 11.3 Å². The molecular weight excluding hydrogens is 202 g/mol. The summed E-state index contributed by atoms with van der Waals surface area (Å²) in [6.45, 7) is 5.67. The fourth-order valence-corrected chi connectivity index (χ4v) is 3.92. The van der Waals surface area contributed by atoms with Crippen molar-refractivity contribution in [3.63, 3.8) is 0 Å². The summed E-state index contributed by atoms with van der Waals surface area (Å²) in [5, 5.41) is 3.75. The van der Waals surface area contributed by atoms with Crippen molar-refractivity contribution in [2.24, 2.45) is 5.92 Å². The lowest BCUT2D eigenvalue weighted by Gasteiger charge is -2.14. The van der Waals surface area contributed by atoms with E-state index < -0.39 is 0 Å². The molecule has 1 nitrogen and oxygen atoms in total. The lowest BCUT2D eigenvalue weighted by molar-refractivity contribution is 0.448. The molecule has 1 atom stereocenters. The molecule has 1 fully saturated rings. The second-order valence-electron chi connectivity index (χ2n) is 5.05. The summed E-state index contributed by atoms with van der Waals surface area (Å²) in [6, 6.07) is 0.810. The van der Waals surface area contributed by atoms with Crippen LogP contribution >= 0.6 is 11.3 Å². The van der Waals surface area contributed by atoms with Gasteiger partial charge in [-0.15, -0.1) is 11.3 Å². The Bertz CT molecular complexity index is 376. The van der Waals surface area contributed by atoms with Crippen LogP contribution in [0.1, 0.15) is 40.1 Å². The van der Waals surface area contributed by atoms with Gasteiger partial charge in [0.15, 0.2) is 0 Å². The summed E-state index contributed by atoms with van der Waals surface area (Å²) in [5.74, 6) is 1.00. The van der Waals surface area contributed by atoms with Crippen LogP contribution in [0.5, 0.6) is 0 Å². The van der Waals surface area contributed by atoms with Gasteiger partial charge in [0.2, 0.25) is 0 Å². The third-order valence-electron chi connectivity index (χ3n) is 4.01. The Morgan fingerprint density at radius 2 is 2.00 bits per heavy atom. The third-order valence-corrected chi connectivity index (χ3v) is 5.26. The van der Waals surface area contributed by atoms with Gasteiger partial charge in [0.25, 0.3) is 0 Å². The molecule has 82 valence electrons. The van der Waals surface area contributed by atoms with Gasteiger partial charge < -0.3 is 5.32 Å². The average Bonchev–Trinajstić information content (AvgIpc) is 2.99. The monoisotopic (exact) mass is 221 g/mol. The lowest BCUT2D eigenvalue weighted by Crippen LogP contribution is -2.28. The molecule has 0 bridgehead atoms. The number of fused-ring (bicyclic) bond motifs is 1. The van der Waals surface area contributed by atoms with E-state index in [1.54, 1.807) is 16.0 Å². The van der Waals surface area contributed by atoms with E-state index in [9.17, 15) is 0 Å². The Kier molecular flexibility index (Phi) is 2.37. The second kappa shape index (κ2) is 3.60. The molecule has 1 saturated carbocycles. The average molecular weight is 221 g/mol. The van der Waals surface area contributed by atoms with Gasteiger partial charge in [-0.05, 0) is 56.6 Å². The van der Waals surface area contributed by atoms with Gasteiger partial charge in [0.05, 0.1) is 0 Å². The van der Waals surface area contributed by atoms with E-state index >= 15 is 0 Å². The molecule has 0 amide bonds.